The highest BCUT2D eigenvalue weighted by molar-refractivity contribution is 4.92. The van der Waals surface area contributed by atoms with Gasteiger partial charge in [-0.1, -0.05) is 45.4 Å². The summed E-state index contributed by atoms with van der Waals surface area (Å²) in [5, 5.41) is 3.70. The maximum absolute atomic E-state index is 6.49. The van der Waals surface area contributed by atoms with Crippen LogP contribution in [0.15, 0.2) is 0 Å². The Labute approximate surface area is 119 Å². The first-order valence-electron chi connectivity index (χ1n) is 8.65. The molecule has 2 aliphatic carbocycles. The van der Waals surface area contributed by atoms with E-state index in [4.69, 9.17) is 4.74 Å². The molecule has 2 nitrogen and oxygen atoms in total. The fraction of sp³-hybridized carbons (Fsp3) is 1.00. The van der Waals surface area contributed by atoms with E-state index in [1.165, 1.54) is 70.6 Å². The van der Waals surface area contributed by atoms with Crippen LogP contribution in [-0.4, -0.2) is 24.3 Å². The molecule has 1 unspecified atom stereocenters. The van der Waals surface area contributed by atoms with Crippen molar-refractivity contribution >= 4 is 0 Å². The Kier molecular flexibility index (Phi) is 6.15. The highest BCUT2D eigenvalue weighted by Crippen LogP contribution is 2.35. The maximum atomic E-state index is 6.49. The molecule has 2 fully saturated rings. The van der Waals surface area contributed by atoms with Crippen molar-refractivity contribution in [2.45, 2.75) is 102 Å². The largest absolute Gasteiger partial charge is 0.371 e. The molecule has 0 saturated heterocycles. The van der Waals surface area contributed by atoms with Gasteiger partial charge in [0.1, 0.15) is 0 Å². The maximum Gasteiger partial charge on any atom is 0.0810 e. The van der Waals surface area contributed by atoms with Crippen LogP contribution < -0.4 is 5.32 Å². The Morgan fingerprint density at radius 1 is 1.16 bits per heavy atom. The molecule has 0 amide bonds. The van der Waals surface area contributed by atoms with Crippen LogP contribution in [0, 0.1) is 0 Å². The molecule has 0 spiro atoms. The highest BCUT2D eigenvalue weighted by atomic mass is 16.5. The van der Waals surface area contributed by atoms with E-state index < -0.39 is 0 Å². The van der Waals surface area contributed by atoms with Crippen LogP contribution in [0.25, 0.3) is 0 Å². The SMILES string of the molecule is CCCCCCC(C)OC1(CNC2CC2)CCCC1. The van der Waals surface area contributed by atoms with Gasteiger partial charge in [0.25, 0.3) is 0 Å². The van der Waals surface area contributed by atoms with Crippen molar-refractivity contribution in [3.05, 3.63) is 0 Å². The summed E-state index contributed by atoms with van der Waals surface area (Å²) >= 11 is 0. The number of hydrogen-bond acceptors (Lipinski definition) is 2. The van der Waals surface area contributed by atoms with Crippen LogP contribution in [0.3, 0.4) is 0 Å². The van der Waals surface area contributed by atoms with Gasteiger partial charge >= 0.3 is 0 Å². The standard InChI is InChI=1S/C17H33NO/c1-3-4-5-6-9-15(2)19-17(12-7-8-13-17)14-18-16-10-11-16/h15-16,18H,3-14H2,1-2H3. The van der Waals surface area contributed by atoms with E-state index in [1.807, 2.05) is 0 Å². The number of nitrogens with one attached hydrogen (secondary N) is 1. The second-order valence-electron chi connectivity index (χ2n) is 6.82. The lowest BCUT2D eigenvalue weighted by Crippen LogP contribution is -2.43. The molecular weight excluding hydrogens is 234 g/mol. The fourth-order valence-electron chi connectivity index (χ4n) is 3.32. The Morgan fingerprint density at radius 2 is 1.89 bits per heavy atom. The van der Waals surface area contributed by atoms with Gasteiger partial charge in [0.2, 0.25) is 0 Å². The van der Waals surface area contributed by atoms with Crippen LogP contribution in [0.2, 0.25) is 0 Å². The van der Waals surface area contributed by atoms with Gasteiger partial charge in [-0.15, -0.1) is 0 Å². The average Bonchev–Trinajstić information content (AvgIpc) is 3.13. The summed E-state index contributed by atoms with van der Waals surface area (Å²) in [6.07, 6.45) is 15.1. The van der Waals surface area contributed by atoms with Crippen LogP contribution in [-0.2, 0) is 4.74 Å². The third kappa shape index (κ3) is 5.43. The summed E-state index contributed by atoms with van der Waals surface area (Å²) in [4.78, 5) is 0. The van der Waals surface area contributed by atoms with Gasteiger partial charge in [0.05, 0.1) is 11.7 Å². The lowest BCUT2D eigenvalue weighted by atomic mass is 10.0. The highest BCUT2D eigenvalue weighted by Gasteiger charge is 2.37. The van der Waals surface area contributed by atoms with E-state index in [1.54, 1.807) is 0 Å². The predicted molar refractivity (Wildman–Crippen MR) is 81.5 cm³/mol. The minimum Gasteiger partial charge on any atom is -0.371 e. The summed E-state index contributed by atoms with van der Waals surface area (Å²) in [5.74, 6) is 0. The van der Waals surface area contributed by atoms with Gasteiger partial charge in [-0.05, 0) is 39.0 Å². The minimum atomic E-state index is 0.173. The molecule has 2 saturated carbocycles. The molecule has 0 heterocycles. The Hall–Kier alpha value is -0.0800. The first-order chi connectivity index (χ1) is 9.24. The van der Waals surface area contributed by atoms with E-state index in [9.17, 15) is 0 Å². The lowest BCUT2D eigenvalue weighted by Gasteiger charge is -2.33. The van der Waals surface area contributed by atoms with E-state index in [2.05, 4.69) is 19.2 Å². The van der Waals surface area contributed by atoms with Crippen LogP contribution >= 0.6 is 0 Å². The molecule has 2 heteroatoms. The summed E-state index contributed by atoms with van der Waals surface area (Å²) in [6, 6.07) is 0.806. The van der Waals surface area contributed by atoms with Crippen LogP contribution in [0.5, 0.6) is 0 Å². The van der Waals surface area contributed by atoms with Gasteiger partial charge in [-0.2, -0.15) is 0 Å². The molecule has 0 aromatic carbocycles. The van der Waals surface area contributed by atoms with E-state index >= 15 is 0 Å². The van der Waals surface area contributed by atoms with Crippen molar-refractivity contribution in [1.29, 1.82) is 0 Å². The van der Waals surface area contributed by atoms with E-state index in [0.29, 0.717) is 6.10 Å². The summed E-state index contributed by atoms with van der Waals surface area (Å²) in [5.41, 5.74) is 0.173. The number of hydrogen-bond donors (Lipinski definition) is 1. The Morgan fingerprint density at radius 3 is 2.53 bits per heavy atom. The number of rotatable bonds is 10. The smallest absolute Gasteiger partial charge is 0.0810 e. The predicted octanol–water partition coefficient (Wildman–Crippen LogP) is 4.43. The third-order valence-corrected chi connectivity index (χ3v) is 4.72. The fourth-order valence-corrected chi connectivity index (χ4v) is 3.32. The lowest BCUT2D eigenvalue weighted by molar-refractivity contribution is -0.0847. The van der Waals surface area contributed by atoms with Gasteiger partial charge in [0.15, 0.2) is 0 Å². The summed E-state index contributed by atoms with van der Waals surface area (Å²) in [7, 11) is 0. The minimum absolute atomic E-state index is 0.173. The first-order valence-corrected chi connectivity index (χ1v) is 8.65. The molecule has 0 aromatic rings. The number of ether oxygens (including phenoxy) is 1. The molecular formula is C17H33NO. The van der Waals surface area contributed by atoms with Crippen molar-refractivity contribution < 1.29 is 4.74 Å². The number of unbranched alkanes of at least 4 members (excludes halogenated alkanes) is 3. The zero-order chi connectivity index (χ0) is 13.6. The van der Waals surface area contributed by atoms with Crippen molar-refractivity contribution in [1.82, 2.24) is 5.32 Å². The van der Waals surface area contributed by atoms with Crippen molar-refractivity contribution in [2.24, 2.45) is 0 Å². The molecule has 2 rings (SSSR count). The van der Waals surface area contributed by atoms with Gasteiger partial charge in [-0.3, -0.25) is 0 Å². The molecule has 1 atom stereocenters. The Balaban J connectivity index is 1.68. The summed E-state index contributed by atoms with van der Waals surface area (Å²) in [6.45, 7) is 5.65. The molecule has 112 valence electrons. The first kappa shape index (κ1) is 15.3. The monoisotopic (exact) mass is 267 g/mol. The zero-order valence-corrected chi connectivity index (χ0v) is 13.0. The second-order valence-corrected chi connectivity index (χ2v) is 6.82. The van der Waals surface area contributed by atoms with E-state index in [0.717, 1.165) is 12.6 Å². The molecule has 0 aliphatic heterocycles. The normalized spacial score (nSPS) is 23.7. The second kappa shape index (κ2) is 7.64. The van der Waals surface area contributed by atoms with Gasteiger partial charge in [-0.25, -0.2) is 0 Å². The van der Waals surface area contributed by atoms with Crippen molar-refractivity contribution in [2.75, 3.05) is 6.54 Å². The van der Waals surface area contributed by atoms with Crippen molar-refractivity contribution in [3.63, 3.8) is 0 Å². The van der Waals surface area contributed by atoms with Gasteiger partial charge < -0.3 is 10.1 Å². The Bertz CT molecular complexity index is 244. The molecule has 19 heavy (non-hydrogen) atoms. The molecule has 1 N–H and O–H groups in total. The summed E-state index contributed by atoms with van der Waals surface area (Å²) < 4.78 is 6.49. The quantitative estimate of drug-likeness (QED) is 0.591. The zero-order valence-electron chi connectivity index (χ0n) is 13.0. The average molecular weight is 267 g/mol. The van der Waals surface area contributed by atoms with Crippen molar-refractivity contribution in [3.8, 4) is 0 Å². The van der Waals surface area contributed by atoms with Crippen LogP contribution in [0.1, 0.15) is 84.5 Å². The van der Waals surface area contributed by atoms with Crippen LogP contribution in [0.4, 0.5) is 0 Å². The molecule has 0 radical (unpaired) electrons. The molecule has 0 aromatic heterocycles. The van der Waals surface area contributed by atoms with Gasteiger partial charge in [0, 0.05) is 12.6 Å². The molecule has 2 aliphatic rings. The third-order valence-electron chi connectivity index (χ3n) is 4.72. The topological polar surface area (TPSA) is 21.3 Å². The molecule has 0 bridgehead atoms. The van der Waals surface area contributed by atoms with E-state index in [-0.39, 0.29) is 5.60 Å².